The highest BCUT2D eigenvalue weighted by molar-refractivity contribution is 6.32. The first-order valence-corrected chi connectivity index (χ1v) is 5.76. The molecular formula is C12H11ClN4O2. The van der Waals surface area contributed by atoms with Gasteiger partial charge < -0.3 is 15.8 Å². The summed E-state index contributed by atoms with van der Waals surface area (Å²) < 4.78 is 5.44. The van der Waals surface area contributed by atoms with Crippen LogP contribution in [0.25, 0.3) is 0 Å². The van der Waals surface area contributed by atoms with Crippen molar-refractivity contribution in [2.45, 2.75) is 0 Å². The minimum Gasteiger partial charge on any atom is -0.436 e. The van der Waals surface area contributed by atoms with Gasteiger partial charge in [-0.2, -0.15) is 0 Å². The lowest BCUT2D eigenvalue weighted by Gasteiger charge is -2.06. The van der Waals surface area contributed by atoms with E-state index in [0.29, 0.717) is 16.5 Å². The smallest absolute Gasteiger partial charge is 0.271 e. The molecule has 3 N–H and O–H groups in total. The van der Waals surface area contributed by atoms with Crippen LogP contribution in [0.15, 0.2) is 30.3 Å². The van der Waals surface area contributed by atoms with E-state index in [1.807, 2.05) is 0 Å². The number of nitrogens with two attached hydrogens (primary N) is 1. The Morgan fingerprint density at radius 2 is 2.11 bits per heavy atom. The Morgan fingerprint density at radius 1 is 1.32 bits per heavy atom. The molecule has 0 aliphatic rings. The Balaban J connectivity index is 2.17. The van der Waals surface area contributed by atoms with Crippen LogP contribution in [-0.4, -0.2) is 23.2 Å². The molecule has 7 heteroatoms. The molecule has 2 rings (SSSR count). The van der Waals surface area contributed by atoms with Crippen LogP contribution in [0.2, 0.25) is 5.02 Å². The van der Waals surface area contributed by atoms with Crippen LogP contribution in [0.1, 0.15) is 10.5 Å². The monoisotopic (exact) mass is 278 g/mol. The summed E-state index contributed by atoms with van der Waals surface area (Å²) in [5, 5.41) is 10.3. The number of halogens is 1. The number of amides is 1. The van der Waals surface area contributed by atoms with E-state index >= 15 is 0 Å². The lowest BCUT2D eigenvalue weighted by atomic mass is 10.3. The van der Waals surface area contributed by atoms with Crippen LogP contribution in [0, 0.1) is 0 Å². The van der Waals surface area contributed by atoms with Crippen molar-refractivity contribution in [3.05, 3.63) is 41.0 Å². The summed E-state index contributed by atoms with van der Waals surface area (Å²) in [5.41, 5.74) is 6.32. The molecular weight excluding hydrogens is 268 g/mol. The minimum absolute atomic E-state index is 0.207. The average molecular weight is 279 g/mol. The number of nitrogens with one attached hydrogen (secondary N) is 1. The van der Waals surface area contributed by atoms with Crippen molar-refractivity contribution in [1.82, 2.24) is 15.5 Å². The van der Waals surface area contributed by atoms with Crippen molar-refractivity contribution in [3.63, 3.8) is 0 Å². The van der Waals surface area contributed by atoms with Crippen LogP contribution in [0.5, 0.6) is 11.6 Å². The number of hydrogen-bond donors (Lipinski definition) is 2. The number of nitrogen functional groups attached to an aromatic ring is 1. The lowest BCUT2D eigenvalue weighted by molar-refractivity contribution is 0.0957. The number of nitrogens with zero attached hydrogens (tertiary/aromatic N) is 2. The van der Waals surface area contributed by atoms with Gasteiger partial charge in [0.05, 0.1) is 5.02 Å². The van der Waals surface area contributed by atoms with E-state index < -0.39 is 0 Å². The first-order chi connectivity index (χ1) is 9.10. The quantitative estimate of drug-likeness (QED) is 0.837. The maximum absolute atomic E-state index is 11.3. The summed E-state index contributed by atoms with van der Waals surface area (Å²) in [7, 11) is 1.52. The van der Waals surface area contributed by atoms with Gasteiger partial charge in [0, 0.05) is 18.8 Å². The van der Waals surface area contributed by atoms with Crippen molar-refractivity contribution < 1.29 is 9.53 Å². The summed E-state index contributed by atoms with van der Waals surface area (Å²) >= 11 is 5.97. The third-order valence-electron chi connectivity index (χ3n) is 2.27. The molecule has 0 spiro atoms. The number of anilines is 1. The van der Waals surface area contributed by atoms with Gasteiger partial charge in [0.25, 0.3) is 5.91 Å². The highest BCUT2D eigenvalue weighted by atomic mass is 35.5. The van der Waals surface area contributed by atoms with Crippen LogP contribution in [0.4, 0.5) is 5.69 Å². The van der Waals surface area contributed by atoms with E-state index in [9.17, 15) is 4.79 Å². The standard InChI is InChI=1S/C12H11ClN4O2/c1-15-12(18)9-3-5-11(17-16-9)19-10-4-2-7(14)6-8(10)13/h2-6H,14H2,1H3,(H,15,18). The predicted octanol–water partition coefficient (Wildman–Crippen LogP) is 1.86. The second-order valence-electron chi connectivity index (χ2n) is 3.63. The molecule has 19 heavy (non-hydrogen) atoms. The molecule has 0 unspecified atom stereocenters. The second kappa shape index (κ2) is 5.53. The molecule has 0 saturated heterocycles. The molecule has 0 bridgehead atoms. The van der Waals surface area contributed by atoms with E-state index in [1.54, 1.807) is 18.2 Å². The van der Waals surface area contributed by atoms with Gasteiger partial charge >= 0.3 is 0 Å². The summed E-state index contributed by atoms with van der Waals surface area (Å²) in [4.78, 5) is 11.3. The van der Waals surface area contributed by atoms with Crippen molar-refractivity contribution in [3.8, 4) is 11.6 Å². The third-order valence-corrected chi connectivity index (χ3v) is 2.57. The summed E-state index contributed by atoms with van der Waals surface area (Å²) in [6, 6.07) is 7.90. The Hall–Kier alpha value is -2.34. The number of rotatable bonds is 3. The number of hydrogen-bond acceptors (Lipinski definition) is 5. The number of aromatic nitrogens is 2. The topological polar surface area (TPSA) is 90.1 Å². The zero-order chi connectivity index (χ0) is 13.8. The molecule has 0 aliphatic heterocycles. The van der Waals surface area contributed by atoms with Gasteiger partial charge in [0.15, 0.2) is 5.69 Å². The summed E-state index contributed by atoms with van der Waals surface area (Å²) in [6.07, 6.45) is 0. The molecule has 0 radical (unpaired) electrons. The molecule has 1 aromatic carbocycles. The van der Waals surface area contributed by atoms with Crippen molar-refractivity contribution >= 4 is 23.2 Å². The molecule has 1 heterocycles. The van der Waals surface area contributed by atoms with Crippen molar-refractivity contribution in [2.75, 3.05) is 12.8 Å². The van der Waals surface area contributed by atoms with E-state index in [1.165, 1.54) is 19.2 Å². The molecule has 0 atom stereocenters. The average Bonchev–Trinajstić information content (AvgIpc) is 2.42. The molecule has 1 amide bonds. The number of carbonyl (C=O) groups excluding carboxylic acids is 1. The normalized spacial score (nSPS) is 10.0. The fourth-order valence-corrected chi connectivity index (χ4v) is 1.56. The molecule has 6 nitrogen and oxygen atoms in total. The van der Waals surface area contributed by atoms with Gasteiger partial charge in [-0.15, -0.1) is 10.2 Å². The number of ether oxygens (including phenoxy) is 1. The SMILES string of the molecule is CNC(=O)c1ccc(Oc2ccc(N)cc2Cl)nn1. The van der Waals surface area contributed by atoms with Crippen LogP contribution in [0.3, 0.4) is 0 Å². The molecule has 1 aromatic heterocycles. The van der Waals surface area contributed by atoms with Gasteiger partial charge in [-0.3, -0.25) is 4.79 Å². The Bertz CT molecular complexity index is 601. The first-order valence-electron chi connectivity index (χ1n) is 5.39. The second-order valence-corrected chi connectivity index (χ2v) is 4.04. The molecule has 0 aliphatic carbocycles. The van der Waals surface area contributed by atoms with Gasteiger partial charge in [0.2, 0.25) is 5.88 Å². The zero-order valence-corrected chi connectivity index (χ0v) is 10.8. The van der Waals surface area contributed by atoms with E-state index in [-0.39, 0.29) is 17.5 Å². The van der Waals surface area contributed by atoms with Gasteiger partial charge in [0.1, 0.15) is 5.75 Å². The highest BCUT2D eigenvalue weighted by Crippen LogP contribution is 2.29. The van der Waals surface area contributed by atoms with Crippen molar-refractivity contribution in [2.24, 2.45) is 0 Å². The zero-order valence-electron chi connectivity index (χ0n) is 10.1. The van der Waals surface area contributed by atoms with Gasteiger partial charge in [-0.25, -0.2) is 0 Å². The van der Waals surface area contributed by atoms with Crippen molar-refractivity contribution in [1.29, 1.82) is 0 Å². The van der Waals surface area contributed by atoms with E-state index in [4.69, 9.17) is 22.1 Å². The Labute approximate surface area is 114 Å². The first kappa shape index (κ1) is 13.1. The number of benzene rings is 1. The molecule has 0 fully saturated rings. The maximum atomic E-state index is 11.3. The minimum atomic E-state index is -0.315. The fourth-order valence-electron chi connectivity index (χ4n) is 1.34. The van der Waals surface area contributed by atoms with Gasteiger partial charge in [-0.1, -0.05) is 11.6 Å². The fraction of sp³-hybridized carbons (Fsp3) is 0.0833. The maximum Gasteiger partial charge on any atom is 0.271 e. The molecule has 98 valence electrons. The van der Waals surface area contributed by atoms with Crippen LogP contribution >= 0.6 is 11.6 Å². The molecule has 0 saturated carbocycles. The third kappa shape index (κ3) is 3.11. The Morgan fingerprint density at radius 3 is 2.68 bits per heavy atom. The predicted molar refractivity (Wildman–Crippen MR) is 71.4 cm³/mol. The largest absolute Gasteiger partial charge is 0.436 e. The lowest BCUT2D eigenvalue weighted by Crippen LogP contribution is -2.19. The van der Waals surface area contributed by atoms with Crippen LogP contribution in [-0.2, 0) is 0 Å². The summed E-state index contributed by atoms with van der Waals surface area (Å²) in [5.74, 6) is 0.335. The molecule has 2 aromatic rings. The highest BCUT2D eigenvalue weighted by Gasteiger charge is 2.08. The Kier molecular flexibility index (Phi) is 3.82. The van der Waals surface area contributed by atoms with Gasteiger partial charge in [-0.05, 0) is 24.3 Å². The number of carbonyl (C=O) groups is 1. The van der Waals surface area contributed by atoms with Crippen LogP contribution < -0.4 is 15.8 Å². The van der Waals surface area contributed by atoms with E-state index in [2.05, 4.69) is 15.5 Å². The van der Waals surface area contributed by atoms with E-state index in [0.717, 1.165) is 0 Å². The summed E-state index contributed by atoms with van der Waals surface area (Å²) in [6.45, 7) is 0.